The molecule has 0 aliphatic rings. The number of para-hydroxylation sites is 1. The maximum atomic E-state index is 12.1. The highest BCUT2D eigenvalue weighted by atomic mass is 16.2. The number of carbonyl (C=O) groups excluding carboxylic acids is 2. The Balaban J connectivity index is 1.92. The van der Waals surface area contributed by atoms with Crippen LogP contribution in [-0.2, 0) is 4.79 Å². The van der Waals surface area contributed by atoms with Crippen LogP contribution in [0.1, 0.15) is 10.4 Å². The van der Waals surface area contributed by atoms with Gasteiger partial charge in [-0.3, -0.25) is 9.59 Å². The van der Waals surface area contributed by atoms with Crippen molar-refractivity contribution in [3.05, 3.63) is 60.2 Å². The van der Waals surface area contributed by atoms with Gasteiger partial charge in [-0.05, 0) is 36.4 Å². The zero-order valence-corrected chi connectivity index (χ0v) is 12.7. The molecule has 0 aliphatic carbocycles. The first kappa shape index (κ1) is 15.6. The van der Waals surface area contributed by atoms with E-state index in [4.69, 9.17) is 0 Å². The maximum Gasteiger partial charge on any atom is 0.251 e. The van der Waals surface area contributed by atoms with Crippen LogP contribution < -0.4 is 15.5 Å². The summed E-state index contributed by atoms with van der Waals surface area (Å²) < 4.78 is 0. The molecule has 0 unspecified atom stereocenters. The lowest BCUT2D eigenvalue weighted by Gasteiger charge is -2.18. The normalized spacial score (nSPS) is 9.91. The minimum Gasteiger partial charge on any atom is -0.376 e. The van der Waals surface area contributed by atoms with Gasteiger partial charge >= 0.3 is 0 Å². The summed E-state index contributed by atoms with van der Waals surface area (Å²) in [7, 11) is 3.33. The second-order valence-corrected chi connectivity index (χ2v) is 4.80. The lowest BCUT2D eigenvalue weighted by Crippen LogP contribution is -2.32. The second-order valence-electron chi connectivity index (χ2n) is 4.80. The van der Waals surface area contributed by atoms with Crippen LogP contribution in [0, 0.1) is 0 Å². The quantitative estimate of drug-likeness (QED) is 0.888. The molecule has 2 aromatic carbocycles. The third-order valence-corrected chi connectivity index (χ3v) is 3.34. The van der Waals surface area contributed by atoms with Gasteiger partial charge in [-0.2, -0.15) is 0 Å². The van der Waals surface area contributed by atoms with Crippen molar-refractivity contribution in [2.45, 2.75) is 0 Å². The van der Waals surface area contributed by atoms with Crippen molar-refractivity contribution in [3.63, 3.8) is 0 Å². The third kappa shape index (κ3) is 3.85. The number of benzene rings is 2. The van der Waals surface area contributed by atoms with E-state index < -0.39 is 0 Å². The van der Waals surface area contributed by atoms with Crippen LogP contribution in [0.3, 0.4) is 0 Å². The first-order valence-corrected chi connectivity index (χ1v) is 6.99. The average Bonchev–Trinajstić information content (AvgIpc) is 2.59. The number of rotatable bonds is 5. The molecule has 0 fully saturated rings. The molecule has 5 nitrogen and oxygen atoms in total. The molecule has 2 aromatic rings. The SMILES string of the molecule is CNC(=O)c1ccc(NCC(=O)N(C)c2ccccc2)cc1. The highest BCUT2D eigenvalue weighted by molar-refractivity contribution is 5.96. The fourth-order valence-corrected chi connectivity index (χ4v) is 1.98. The fourth-order valence-electron chi connectivity index (χ4n) is 1.98. The minimum atomic E-state index is -0.133. The third-order valence-electron chi connectivity index (χ3n) is 3.34. The summed E-state index contributed by atoms with van der Waals surface area (Å²) in [5, 5.41) is 5.62. The van der Waals surface area contributed by atoms with E-state index in [2.05, 4.69) is 10.6 Å². The second kappa shape index (κ2) is 7.26. The van der Waals surface area contributed by atoms with E-state index in [9.17, 15) is 9.59 Å². The van der Waals surface area contributed by atoms with E-state index in [1.165, 1.54) is 0 Å². The molecule has 114 valence electrons. The molecular formula is C17H19N3O2. The molecule has 22 heavy (non-hydrogen) atoms. The van der Waals surface area contributed by atoms with E-state index in [-0.39, 0.29) is 18.4 Å². The van der Waals surface area contributed by atoms with Crippen LogP contribution in [0.5, 0.6) is 0 Å². The number of carbonyl (C=O) groups is 2. The number of anilines is 2. The molecule has 5 heteroatoms. The fraction of sp³-hybridized carbons (Fsp3) is 0.176. The summed E-state index contributed by atoms with van der Waals surface area (Å²) in [5.41, 5.74) is 2.23. The van der Waals surface area contributed by atoms with E-state index >= 15 is 0 Å². The summed E-state index contributed by atoms with van der Waals surface area (Å²) in [5.74, 6) is -0.173. The van der Waals surface area contributed by atoms with E-state index in [0.717, 1.165) is 11.4 Å². The Morgan fingerprint density at radius 2 is 1.64 bits per heavy atom. The Morgan fingerprint density at radius 1 is 1.00 bits per heavy atom. The van der Waals surface area contributed by atoms with Gasteiger partial charge in [-0.15, -0.1) is 0 Å². The number of likely N-dealkylation sites (N-methyl/N-ethyl adjacent to an activating group) is 1. The lowest BCUT2D eigenvalue weighted by atomic mass is 10.2. The topological polar surface area (TPSA) is 61.4 Å². The van der Waals surface area contributed by atoms with Crippen molar-refractivity contribution in [3.8, 4) is 0 Å². The van der Waals surface area contributed by atoms with Gasteiger partial charge in [-0.1, -0.05) is 18.2 Å². The molecule has 0 spiro atoms. The number of hydrogen-bond acceptors (Lipinski definition) is 3. The van der Waals surface area contributed by atoms with Crippen LogP contribution in [0.4, 0.5) is 11.4 Å². The molecule has 2 rings (SSSR count). The minimum absolute atomic E-state index is 0.0402. The van der Waals surface area contributed by atoms with Crippen molar-refractivity contribution >= 4 is 23.2 Å². The highest BCUT2D eigenvalue weighted by Gasteiger charge is 2.10. The monoisotopic (exact) mass is 297 g/mol. The Bertz CT molecular complexity index is 639. The van der Waals surface area contributed by atoms with Gasteiger partial charge in [0, 0.05) is 31.0 Å². The number of nitrogens with one attached hydrogen (secondary N) is 2. The zero-order chi connectivity index (χ0) is 15.9. The Labute approximate surface area is 129 Å². The number of hydrogen-bond donors (Lipinski definition) is 2. The van der Waals surface area contributed by atoms with Crippen LogP contribution >= 0.6 is 0 Å². The van der Waals surface area contributed by atoms with Crippen LogP contribution in [0.25, 0.3) is 0 Å². The predicted molar refractivity (Wildman–Crippen MR) is 88.2 cm³/mol. The molecule has 0 aromatic heterocycles. The van der Waals surface area contributed by atoms with Gasteiger partial charge < -0.3 is 15.5 Å². The zero-order valence-electron chi connectivity index (χ0n) is 12.7. The van der Waals surface area contributed by atoms with Gasteiger partial charge in [0.2, 0.25) is 5.91 Å². The summed E-state index contributed by atoms with van der Waals surface area (Å²) >= 11 is 0. The van der Waals surface area contributed by atoms with E-state index in [0.29, 0.717) is 5.56 Å². The van der Waals surface area contributed by atoms with Crippen molar-refractivity contribution in [2.75, 3.05) is 30.9 Å². The van der Waals surface area contributed by atoms with Gasteiger partial charge in [0.1, 0.15) is 0 Å². The Kier molecular flexibility index (Phi) is 5.14. The van der Waals surface area contributed by atoms with Crippen molar-refractivity contribution in [2.24, 2.45) is 0 Å². The Hall–Kier alpha value is -2.82. The van der Waals surface area contributed by atoms with Gasteiger partial charge in [-0.25, -0.2) is 0 Å². The van der Waals surface area contributed by atoms with Crippen LogP contribution in [-0.4, -0.2) is 32.5 Å². The molecule has 0 saturated heterocycles. The van der Waals surface area contributed by atoms with E-state index in [1.54, 1.807) is 43.3 Å². The molecule has 0 radical (unpaired) electrons. The molecule has 0 aliphatic heterocycles. The molecule has 0 bridgehead atoms. The smallest absolute Gasteiger partial charge is 0.251 e. The molecule has 0 atom stereocenters. The van der Waals surface area contributed by atoms with Crippen LogP contribution in [0.15, 0.2) is 54.6 Å². The maximum absolute atomic E-state index is 12.1. The average molecular weight is 297 g/mol. The van der Waals surface area contributed by atoms with E-state index in [1.807, 2.05) is 30.3 Å². The molecule has 2 amide bonds. The predicted octanol–water partition coefficient (Wildman–Crippen LogP) is 2.12. The Morgan fingerprint density at radius 3 is 2.23 bits per heavy atom. The lowest BCUT2D eigenvalue weighted by molar-refractivity contribution is -0.116. The van der Waals surface area contributed by atoms with Crippen molar-refractivity contribution < 1.29 is 9.59 Å². The van der Waals surface area contributed by atoms with Gasteiger partial charge in [0.15, 0.2) is 0 Å². The first-order chi connectivity index (χ1) is 10.6. The van der Waals surface area contributed by atoms with Crippen molar-refractivity contribution in [1.82, 2.24) is 5.32 Å². The van der Waals surface area contributed by atoms with Crippen LogP contribution in [0.2, 0.25) is 0 Å². The highest BCUT2D eigenvalue weighted by Crippen LogP contribution is 2.12. The largest absolute Gasteiger partial charge is 0.376 e. The molecule has 0 heterocycles. The number of amides is 2. The summed E-state index contributed by atoms with van der Waals surface area (Å²) in [6.07, 6.45) is 0. The summed E-state index contributed by atoms with van der Waals surface area (Å²) in [4.78, 5) is 25.2. The number of nitrogens with zero attached hydrogens (tertiary/aromatic N) is 1. The molecule has 0 saturated carbocycles. The summed E-state index contributed by atoms with van der Waals surface area (Å²) in [6.45, 7) is 0.185. The first-order valence-electron chi connectivity index (χ1n) is 6.99. The van der Waals surface area contributed by atoms with Crippen molar-refractivity contribution in [1.29, 1.82) is 0 Å². The van der Waals surface area contributed by atoms with Gasteiger partial charge in [0.05, 0.1) is 6.54 Å². The van der Waals surface area contributed by atoms with Gasteiger partial charge in [0.25, 0.3) is 5.91 Å². The molecular weight excluding hydrogens is 278 g/mol. The molecule has 2 N–H and O–H groups in total. The standard InChI is InChI=1S/C17H19N3O2/c1-18-17(22)13-8-10-14(11-9-13)19-12-16(21)20(2)15-6-4-3-5-7-15/h3-11,19H,12H2,1-2H3,(H,18,22). The summed E-state index contributed by atoms with van der Waals surface area (Å²) in [6, 6.07) is 16.5.